The van der Waals surface area contributed by atoms with Crippen molar-refractivity contribution in [1.29, 1.82) is 0 Å². The second-order valence-corrected chi connectivity index (χ2v) is 4.72. The highest BCUT2D eigenvalue weighted by Crippen LogP contribution is 2.15. The maximum Gasteiger partial charge on any atom is 0.335 e. The molecule has 0 aliphatic rings. The molecule has 0 aliphatic heterocycles. The molecule has 108 valence electrons. The minimum absolute atomic E-state index is 0.0549. The van der Waals surface area contributed by atoms with Crippen molar-refractivity contribution >= 4 is 23.5 Å². The molecule has 0 bridgehead atoms. The van der Waals surface area contributed by atoms with Gasteiger partial charge in [-0.25, -0.2) is 9.18 Å². The summed E-state index contributed by atoms with van der Waals surface area (Å²) in [5.74, 6) is -2.17. The van der Waals surface area contributed by atoms with Crippen LogP contribution in [-0.2, 0) is 6.54 Å². The van der Waals surface area contributed by atoms with Crippen LogP contribution in [0.2, 0.25) is 5.02 Å². The standard InChI is InChI=1S/C15H11ClFNO3/c16-12-5-4-10(7-13(12)17)14(19)18-8-9-2-1-3-11(6-9)15(20)21/h1-7H,8H2,(H,18,19)(H,20,21). The lowest BCUT2D eigenvalue weighted by Crippen LogP contribution is -2.23. The van der Waals surface area contributed by atoms with Crippen molar-refractivity contribution in [2.75, 3.05) is 0 Å². The van der Waals surface area contributed by atoms with Crippen LogP contribution in [0.25, 0.3) is 0 Å². The van der Waals surface area contributed by atoms with Crippen molar-refractivity contribution in [3.8, 4) is 0 Å². The van der Waals surface area contributed by atoms with E-state index in [-0.39, 0.29) is 22.7 Å². The first-order valence-corrected chi connectivity index (χ1v) is 6.40. The summed E-state index contributed by atoms with van der Waals surface area (Å²) in [5, 5.41) is 11.4. The predicted octanol–water partition coefficient (Wildman–Crippen LogP) is 3.11. The number of carboxylic acids is 1. The topological polar surface area (TPSA) is 66.4 Å². The van der Waals surface area contributed by atoms with Crippen molar-refractivity contribution in [3.05, 3.63) is 70.0 Å². The molecule has 0 spiro atoms. The average Bonchev–Trinajstić information content (AvgIpc) is 2.48. The number of aromatic carboxylic acids is 1. The summed E-state index contributed by atoms with van der Waals surface area (Å²) in [6.07, 6.45) is 0. The summed E-state index contributed by atoms with van der Waals surface area (Å²) in [5.41, 5.74) is 0.920. The average molecular weight is 308 g/mol. The van der Waals surface area contributed by atoms with Crippen LogP contribution >= 0.6 is 11.6 Å². The lowest BCUT2D eigenvalue weighted by Gasteiger charge is -2.06. The smallest absolute Gasteiger partial charge is 0.335 e. The van der Waals surface area contributed by atoms with Crippen molar-refractivity contribution < 1.29 is 19.1 Å². The Labute approximate surface area is 125 Å². The van der Waals surface area contributed by atoms with Crippen LogP contribution in [0.15, 0.2) is 42.5 Å². The molecule has 2 aromatic rings. The molecule has 4 nitrogen and oxygen atoms in total. The van der Waals surface area contributed by atoms with Crippen molar-refractivity contribution in [2.45, 2.75) is 6.54 Å². The van der Waals surface area contributed by atoms with Gasteiger partial charge in [0.25, 0.3) is 5.91 Å². The van der Waals surface area contributed by atoms with E-state index in [1.54, 1.807) is 12.1 Å². The molecule has 21 heavy (non-hydrogen) atoms. The van der Waals surface area contributed by atoms with E-state index < -0.39 is 17.7 Å². The number of rotatable bonds is 4. The summed E-state index contributed by atoms with van der Waals surface area (Å²) < 4.78 is 13.3. The van der Waals surface area contributed by atoms with Gasteiger partial charge >= 0.3 is 5.97 Å². The minimum Gasteiger partial charge on any atom is -0.478 e. The number of hydrogen-bond acceptors (Lipinski definition) is 2. The number of carbonyl (C=O) groups excluding carboxylic acids is 1. The van der Waals surface area contributed by atoms with E-state index in [9.17, 15) is 14.0 Å². The Hall–Kier alpha value is -2.40. The summed E-state index contributed by atoms with van der Waals surface area (Å²) in [4.78, 5) is 22.7. The van der Waals surface area contributed by atoms with Gasteiger partial charge in [-0.3, -0.25) is 4.79 Å². The van der Waals surface area contributed by atoms with Gasteiger partial charge in [0.2, 0.25) is 0 Å². The Balaban J connectivity index is 2.05. The number of nitrogens with one attached hydrogen (secondary N) is 1. The first-order valence-electron chi connectivity index (χ1n) is 6.03. The zero-order valence-corrected chi connectivity index (χ0v) is 11.5. The van der Waals surface area contributed by atoms with Crippen LogP contribution in [0.1, 0.15) is 26.3 Å². The second-order valence-electron chi connectivity index (χ2n) is 4.32. The fourth-order valence-corrected chi connectivity index (χ4v) is 1.85. The molecule has 0 atom stereocenters. The van der Waals surface area contributed by atoms with Gasteiger partial charge in [-0.1, -0.05) is 23.7 Å². The highest BCUT2D eigenvalue weighted by atomic mass is 35.5. The van der Waals surface area contributed by atoms with Crippen molar-refractivity contribution in [2.24, 2.45) is 0 Å². The highest BCUT2D eigenvalue weighted by Gasteiger charge is 2.09. The molecule has 0 saturated heterocycles. The molecule has 6 heteroatoms. The van der Waals surface area contributed by atoms with E-state index in [1.807, 2.05) is 0 Å². The van der Waals surface area contributed by atoms with Crippen LogP contribution in [0.3, 0.4) is 0 Å². The van der Waals surface area contributed by atoms with E-state index >= 15 is 0 Å². The zero-order valence-electron chi connectivity index (χ0n) is 10.8. The monoisotopic (exact) mass is 307 g/mol. The summed E-state index contributed by atoms with van der Waals surface area (Å²) in [7, 11) is 0. The molecular weight excluding hydrogens is 297 g/mol. The molecule has 0 heterocycles. The first kappa shape index (κ1) is 15.0. The molecule has 2 aromatic carbocycles. The minimum atomic E-state index is -1.04. The molecule has 0 aromatic heterocycles. The Morgan fingerprint density at radius 3 is 2.57 bits per heavy atom. The van der Waals surface area contributed by atoms with Gasteiger partial charge in [0.15, 0.2) is 0 Å². The number of carboxylic acid groups (broad SMARTS) is 1. The third-order valence-electron chi connectivity index (χ3n) is 2.81. The zero-order chi connectivity index (χ0) is 15.4. The third-order valence-corrected chi connectivity index (χ3v) is 3.12. The van der Waals surface area contributed by atoms with Crippen molar-refractivity contribution in [1.82, 2.24) is 5.32 Å². The summed E-state index contributed by atoms with van der Waals surface area (Å²) in [6, 6.07) is 9.96. The summed E-state index contributed by atoms with van der Waals surface area (Å²) >= 11 is 5.54. The van der Waals surface area contributed by atoms with E-state index in [4.69, 9.17) is 16.7 Å². The molecule has 1 amide bonds. The van der Waals surface area contributed by atoms with Crippen LogP contribution < -0.4 is 5.32 Å². The Morgan fingerprint density at radius 2 is 1.90 bits per heavy atom. The van der Waals surface area contributed by atoms with E-state index in [1.165, 1.54) is 24.3 Å². The van der Waals surface area contributed by atoms with Crippen LogP contribution in [0.5, 0.6) is 0 Å². The quantitative estimate of drug-likeness (QED) is 0.912. The molecule has 0 saturated carbocycles. The Morgan fingerprint density at radius 1 is 1.14 bits per heavy atom. The fraction of sp³-hybridized carbons (Fsp3) is 0.0667. The van der Waals surface area contributed by atoms with Gasteiger partial charge < -0.3 is 10.4 Å². The maximum absolute atomic E-state index is 13.3. The Bertz CT molecular complexity index is 703. The number of benzene rings is 2. The van der Waals surface area contributed by atoms with E-state index in [0.717, 1.165) is 6.07 Å². The molecule has 0 aliphatic carbocycles. The van der Waals surface area contributed by atoms with Gasteiger partial charge in [0.05, 0.1) is 10.6 Å². The predicted molar refractivity (Wildman–Crippen MR) is 76.0 cm³/mol. The lowest BCUT2D eigenvalue weighted by molar-refractivity contribution is 0.0696. The van der Waals surface area contributed by atoms with E-state index in [2.05, 4.69) is 5.32 Å². The largest absolute Gasteiger partial charge is 0.478 e. The second kappa shape index (κ2) is 6.37. The maximum atomic E-state index is 13.3. The molecule has 0 unspecified atom stereocenters. The molecule has 2 rings (SSSR count). The molecule has 2 N–H and O–H groups in total. The number of halogens is 2. The van der Waals surface area contributed by atoms with Crippen molar-refractivity contribution in [3.63, 3.8) is 0 Å². The fourth-order valence-electron chi connectivity index (χ4n) is 1.74. The Kier molecular flexibility index (Phi) is 4.55. The third kappa shape index (κ3) is 3.79. The lowest BCUT2D eigenvalue weighted by atomic mass is 10.1. The molecular formula is C15H11ClFNO3. The summed E-state index contributed by atoms with van der Waals surface area (Å²) in [6.45, 7) is 0.143. The molecule has 0 fully saturated rings. The van der Waals surface area contributed by atoms with Gasteiger partial charge in [0, 0.05) is 12.1 Å². The van der Waals surface area contributed by atoms with Gasteiger partial charge in [0.1, 0.15) is 5.82 Å². The van der Waals surface area contributed by atoms with E-state index in [0.29, 0.717) is 5.56 Å². The van der Waals surface area contributed by atoms with Gasteiger partial charge in [-0.05, 0) is 35.9 Å². The van der Waals surface area contributed by atoms with Gasteiger partial charge in [-0.2, -0.15) is 0 Å². The number of amides is 1. The molecule has 0 radical (unpaired) electrons. The number of carbonyl (C=O) groups is 2. The first-order chi connectivity index (χ1) is 9.97. The van der Waals surface area contributed by atoms with Gasteiger partial charge in [-0.15, -0.1) is 0 Å². The van der Waals surface area contributed by atoms with Crippen LogP contribution in [0.4, 0.5) is 4.39 Å². The SMILES string of the molecule is O=C(O)c1cccc(CNC(=O)c2ccc(Cl)c(F)c2)c1. The normalized spacial score (nSPS) is 10.2. The van der Waals surface area contributed by atoms with Crippen LogP contribution in [0, 0.1) is 5.82 Å². The number of hydrogen-bond donors (Lipinski definition) is 2. The van der Waals surface area contributed by atoms with Crippen LogP contribution in [-0.4, -0.2) is 17.0 Å². The highest BCUT2D eigenvalue weighted by molar-refractivity contribution is 6.30.